The van der Waals surface area contributed by atoms with E-state index < -0.39 is 30.1 Å². The van der Waals surface area contributed by atoms with Gasteiger partial charge in [0, 0.05) is 0 Å². The van der Waals surface area contributed by atoms with E-state index in [-0.39, 0.29) is 19.0 Å². The van der Waals surface area contributed by atoms with Crippen molar-refractivity contribution in [1.82, 2.24) is 0 Å². The van der Waals surface area contributed by atoms with Crippen molar-refractivity contribution in [1.29, 1.82) is 0 Å². The Labute approximate surface area is 150 Å². The van der Waals surface area contributed by atoms with Gasteiger partial charge in [0.2, 0.25) is 0 Å². The molecule has 3 N–H and O–H groups in total. The Kier molecular flexibility index (Phi) is 9.71. The van der Waals surface area contributed by atoms with Crippen LogP contribution < -0.4 is 0 Å². The molecule has 0 aliphatic rings. The van der Waals surface area contributed by atoms with Gasteiger partial charge < -0.3 is 20.1 Å². The second-order valence-corrected chi connectivity index (χ2v) is 6.60. The molecule has 25 heavy (non-hydrogen) atoms. The highest BCUT2D eigenvalue weighted by Gasteiger charge is 2.33. The summed E-state index contributed by atoms with van der Waals surface area (Å²) in [6.07, 6.45) is -0.251. The van der Waals surface area contributed by atoms with E-state index in [0.29, 0.717) is 19.3 Å². The topological polar surface area (TPSA) is 87.0 Å². The van der Waals surface area contributed by atoms with Crippen LogP contribution in [0.2, 0.25) is 0 Å². The predicted octanol–water partition coefficient (Wildman–Crippen LogP) is 2.63. The smallest absolute Gasteiger partial charge is 0.313 e. The van der Waals surface area contributed by atoms with Gasteiger partial charge >= 0.3 is 5.97 Å². The van der Waals surface area contributed by atoms with E-state index in [9.17, 15) is 20.1 Å². The van der Waals surface area contributed by atoms with Crippen molar-refractivity contribution in [2.45, 2.75) is 70.7 Å². The number of carbonyl (C=O) groups excluding carboxylic acids is 1. The minimum Gasteiger partial charge on any atom is -0.466 e. The molecule has 0 radical (unpaired) electrons. The lowest BCUT2D eigenvalue weighted by Gasteiger charge is -2.28. The number of rotatable bonds is 11. The zero-order chi connectivity index (χ0) is 18.8. The fraction of sp³-hybridized carbons (Fsp3) is 0.650. The third-order valence-electron chi connectivity index (χ3n) is 4.65. The van der Waals surface area contributed by atoms with Crippen molar-refractivity contribution in [3.05, 3.63) is 35.9 Å². The molecule has 1 aromatic carbocycles. The molecule has 0 aromatic heterocycles. The van der Waals surface area contributed by atoms with Gasteiger partial charge in [-0.1, -0.05) is 44.2 Å². The standard InChI is InChI=1S/C20H32O5/c1-4-16(21)11-12-17(22)13-18(23)14(3)19(20(24)25-5-2)15-9-7-6-8-10-15/h6-10,14,16-19,21-23H,4-5,11-13H2,1-3H3. The normalized spacial score (nSPS) is 17.4. The highest BCUT2D eigenvalue weighted by molar-refractivity contribution is 5.78. The first-order chi connectivity index (χ1) is 11.9. The zero-order valence-corrected chi connectivity index (χ0v) is 15.5. The third-order valence-corrected chi connectivity index (χ3v) is 4.65. The average molecular weight is 352 g/mol. The van der Waals surface area contributed by atoms with Gasteiger partial charge in [-0.3, -0.25) is 4.79 Å². The predicted molar refractivity (Wildman–Crippen MR) is 97.1 cm³/mol. The number of carbonyl (C=O) groups is 1. The summed E-state index contributed by atoms with van der Waals surface area (Å²) in [5.41, 5.74) is 0.795. The van der Waals surface area contributed by atoms with E-state index in [2.05, 4.69) is 0 Å². The zero-order valence-electron chi connectivity index (χ0n) is 15.5. The molecular formula is C20H32O5. The lowest BCUT2D eigenvalue weighted by molar-refractivity contribution is -0.147. The highest BCUT2D eigenvalue weighted by Crippen LogP contribution is 2.30. The molecule has 0 saturated carbocycles. The largest absolute Gasteiger partial charge is 0.466 e. The first kappa shape index (κ1) is 21.6. The molecule has 5 atom stereocenters. The van der Waals surface area contributed by atoms with Gasteiger partial charge in [-0.25, -0.2) is 0 Å². The molecular weight excluding hydrogens is 320 g/mol. The summed E-state index contributed by atoms with van der Waals surface area (Å²) < 4.78 is 5.18. The van der Waals surface area contributed by atoms with Crippen LogP contribution in [0.3, 0.4) is 0 Å². The Bertz CT molecular complexity index is 490. The molecule has 5 heteroatoms. The molecule has 142 valence electrons. The number of esters is 1. The van der Waals surface area contributed by atoms with Crippen molar-refractivity contribution in [3.63, 3.8) is 0 Å². The van der Waals surface area contributed by atoms with Crippen molar-refractivity contribution in [2.75, 3.05) is 6.61 Å². The van der Waals surface area contributed by atoms with Crippen LogP contribution in [-0.4, -0.2) is 46.2 Å². The van der Waals surface area contributed by atoms with Gasteiger partial charge in [-0.05, 0) is 44.1 Å². The summed E-state index contributed by atoms with van der Waals surface area (Å²) in [6, 6.07) is 9.26. The highest BCUT2D eigenvalue weighted by atomic mass is 16.5. The monoisotopic (exact) mass is 352 g/mol. The lowest BCUT2D eigenvalue weighted by atomic mass is 9.81. The van der Waals surface area contributed by atoms with Crippen molar-refractivity contribution in [3.8, 4) is 0 Å². The van der Waals surface area contributed by atoms with E-state index in [0.717, 1.165) is 5.56 Å². The molecule has 5 unspecified atom stereocenters. The Morgan fingerprint density at radius 3 is 2.20 bits per heavy atom. The maximum atomic E-state index is 12.4. The first-order valence-electron chi connectivity index (χ1n) is 9.16. The minimum atomic E-state index is -0.844. The molecule has 1 aromatic rings. The number of hydrogen-bond acceptors (Lipinski definition) is 5. The number of hydrogen-bond donors (Lipinski definition) is 3. The van der Waals surface area contributed by atoms with Crippen LogP contribution in [0.1, 0.15) is 57.9 Å². The number of ether oxygens (including phenoxy) is 1. The molecule has 0 heterocycles. The molecule has 0 spiro atoms. The van der Waals surface area contributed by atoms with E-state index in [1.807, 2.05) is 37.3 Å². The van der Waals surface area contributed by atoms with Gasteiger partial charge in [0.1, 0.15) is 0 Å². The molecule has 5 nitrogen and oxygen atoms in total. The van der Waals surface area contributed by atoms with E-state index >= 15 is 0 Å². The fourth-order valence-corrected chi connectivity index (χ4v) is 2.97. The average Bonchev–Trinajstić information content (AvgIpc) is 2.60. The van der Waals surface area contributed by atoms with Crippen LogP contribution in [0.15, 0.2) is 30.3 Å². The second-order valence-electron chi connectivity index (χ2n) is 6.60. The van der Waals surface area contributed by atoms with Gasteiger partial charge in [-0.15, -0.1) is 0 Å². The summed E-state index contributed by atoms with van der Waals surface area (Å²) in [6.45, 7) is 5.72. The third kappa shape index (κ3) is 7.14. The Hall–Kier alpha value is -1.43. The Morgan fingerprint density at radius 1 is 1.04 bits per heavy atom. The summed E-state index contributed by atoms with van der Waals surface area (Å²) in [4.78, 5) is 12.4. The summed E-state index contributed by atoms with van der Waals surface area (Å²) in [5.74, 6) is -1.34. The van der Waals surface area contributed by atoms with Gasteiger partial charge in [-0.2, -0.15) is 0 Å². The van der Waals surface area contributed by atoms with Crippen LogP contribution in [-0.2, 0) is 9.53 Å². The number of aliphatic hydroxyl groups excluding tert-OH is 3. The number of aliphatic hydroxyl groups is 3. The SMILES string of the molecule is CCOC(=O)C(c1ccccc1)C(C)C(O)CC(O)CCC(O)CC. The van der Waals surface area contributed by atoms with E-state index in [4.69, 9.17) is 4.74 Å². The van der Waals surface area contributed by atoms with Crippen LogP contribution in [0, 0.1) is 5.92 Å². The molecule has 0 amide bonds. The molecule has 0 aliphatic carbocycles. The first-order valence-corrected chi connectivity index (χ1v) is 9.16. The number of benzene rings is 1. The minimum absolute atomic E-state index is 0.167. The summed E-state index contributed by atoms with van der Waals surface area (Å²) >= 11 is 0. The van der Waals surface area contributed by atoms with Crippen LogP contribution in [0.4, 0.5) is 0 Å². The van der Waals surface area contributed by atoms with Crippen LogP contribution in [0.25, 0.3) is 0 Å². The van der Waals surface area contributed by atoms with Gasteiger partial charge in [0.15, 0.2) is 0 Å². The maximum Gasteiger partial charge on any atom is 0.313 e. The molecule has 0 fully saturated rings. The fourth-order valence-electron chi connectivity index (χ4n) is 2.97. The quantitative estimate of drug-likeness (QED) is 0.533. The van der Waals surface area contributed by atoms with Crippen molar-refractivity contribution >= 4 is 5.97 Å². The Balaban J connectivity index is 2.76. The van der Waals surface area contributed by atoms with Crippen LogP contribution in [0.5, 0.6) is 0 Å². The summed E-state index contributed by atoms with van der Waals surface area (Å²) in [7, 11) is 0. The molecule has 1 rings (SSSR count). The molecule has 0 bridgehead atoms. The lowest BCUT2D eigenvalue weighted by Crippen LogP contribution is -2.33. The van der Waals surface area contributed by atoms with Crippen molar-refractivity contribution < 1.29 is 24.9 Å². The van der Waals surface area contributed by atoms with Gasteiger partial charge in [0.05, 0.1) is 30.8 Å². The second kappa shape index (κ2) is 11.2. The summed E-state index contributed by atoms with van der Waals surface area (Å²) in [5, 5.41) is 30.2. The molecule has 0 aliphatic heterocycles. The maximum absolute atomic E-state index is 12.4. The van der Waals surface area contributed by atoms with Gasteiger partial charge in [0.25, 0.3) is 0 Å². The Morgan fingerprint density at radius 2 is 1.64 bits per heavy atom. The van der Waals surface area contributed by atoms with E-state index in [1.165, 1.54) is 0 Å². The van der Waals surface area contributed by atoms with Crippen molar-refractivity contribution in [2.24, 2.45) is 5.92 Å². The van der Waals surface area contributed by atoms with Crippen LogP contribution >= 0.6 is 0 Å². The molecule has 0 saturated heterocycles. The van der Waals surface area contributed by atoms with E-state index in [1.54, 1.807) is 13.8 Å².